The number of amides is 1. The van der Waals surface area contributed by atoms with E-state index in [4.69, 9.17) is 11.6 Å². The van der Waals surface area contributed by atoms with Crippen LogP contribution in [0, 0.1) is 17.0 Å². The third-order valence-corrected chi connectivity index (χ3v) is 6.22. The third-order valence-electron chi connectivity index (χ3n) is 4.73. The molecular formula is C21H23ClN6O3S. The molecule has 0 spiro atoms. The van der Waals surface area contributed by atoms with Crippen molar-refractivity contribution >= 4 is 46.3 Å². The Morgan fingerprint density at radius 2 is 1.91 bits per heavy atom. The van der Waals surface area contributed by atoms with E-state index in [9.17, 15) is 14.9 Å². The van der Waals surface area contributed by atoms with Crippen LogP contribution in [0.15, 0.2) is 47.6 Å². The Hall–Kier alpha value is -3.11. The average Bonchev–Trinajstić information content (AvgIpc) is 3.16. The quantitative estimate of drug-likeness (QED) is 0.257. The maximum atomic E-state index is 12.6. The second-order valence-corrected chi connectivity index (χ2v) is 8.73. The lowest BCUT2D eigenvalue weighted by Crippen LogP contribution is -2.23. The molecule has 1 atom stereocenters. The van der Waals surface area contributed by atoms with E-state index in [0.29, 0.717) is 29.0 Å². The summed E-state index contributed by atoms with van der Waals surface area (Å²) in [5, 5.41) is 26.2. The van der Waals surface area contributed by atoms with Gasteiger partial charge < -0.3 is 15.2 Å². The number of non-ortho nitro benzene ring substituents is 1. The molecule has 0 bridgehead atoms. The minimum Gasteiger partial charge on any atom is -0.378 e. The summed E-state index contributed by atoms with van der Waals surface area (Å²) in [5.74, 6) is 0.512. The van der Waals surface area contributed by atoms with Gasteiger partial charge in [0.25, 0.3) is 5.69 Å². The SMILES string of the molecule is CCn1c(CNc2ccc(C)c(Cl)c2)nnc1S[C@@H](C)C(=O)Nc1ccc([N+](=O)[O-])cc1. The molecule has 1 aromatic heterocycles. The summed E-state index contributed by atoms with van der Waals surface area (Å²) >= 11 is 7.48. The number of anilines is 2. The number of benzene rings is 2. The second-order valence-electron chi connectivity index (χ2n) is 7.01. The Balaban J connectivity index is 1.62. The number of carbonyl (C=O) groups excluding carboxylic acids is 1. The van der Waals surface area contributed by atoms with Crippen molar-refractivity contribution in [3.8, 4) is 0 Å². The van der Waals surface area contributed by atoms with E-state index in [-0.39, 0.29) is 11.6 Å². The lowest BCUT2D eigenvalue weighted by Gasteiger charge is -2.13. The predicted octanol–water partition coefficient (Wildman–Crippen LogP) is 4.90. The molecule has 1 amide bonds. The summed E-state index contributed by atoms with van der Waals surface area (Å²) in [6, 6.07) is 11.5. The highest BCUT2D eigenvalue weighted by atomic mass is 35.5. The Kier molecular flexibility index (Phi) is 7.70. The number of aromatic nitrogens is 3. The van der Waals surface area contributed by atoms with Crippen molar-refractivity contribution in [2.75, 3.05) is 10.6 Å². The Morgan fingerprint density at radius 1 is 1.22 bits per heavy atom. The van der Waals surface area contributed by atoms with Gasteiger partial charge in [-0.1, -0.05) is 29.4 Å². The van der Waals surface area contributed by atoms with Gasteiger partial charge in [-0.15, -0.1) is 10.2 Å². The number of nitro benzene ring substituents is 1. The number of hydrogen-bond acceptors (Lipinski definition) is 7. The molecule has 1 heterocycles. The number of nitrogens with one attached hydrogen (secondary N) is 2. The van der Waals surface area contributed by atoms with Gasteiger partial charge in [0, 0.05) is 35.1 Å². The first-order valence-corrected chi connectivity index (χ1v) is 11.2. The molecule has 32 heavy (non-hydrogen) atoms. The van der Waals surface area contributed by atoms with Crippen LogP contribution in [0.4, 0.5) is 17.1 Å². The van der Waals surface area contributed by atoms with Gasteiger partial charge in [0.2, 0.25) is 5.91 Å². The molecule has 0 aliphatic rings. The fourth-order valence-corrected chi connectivity index (χ4v) is 3.97. The van der Waals surface area contributed by atoms with Crippen molar-refractivity contribution in [2.24, 2.45) is 0 Å². The van der Waals surface area contributed by atoms with Crippen LogP contribution in [-0.2, 0) is 17.9 Å². The molecule has 0 unspecified atom stereocenters. The molecule has 3 rings (SSSR count). The van der Waals surface area contributed by atoms with E-state index in [1.165, 1.54) is 36.0 Å². The van der Waals surface area contributed by atoms with Crippen LogP contribution in [0.1, 0.15) is 25.2 Å². The number of nitrogens with zero attached hydrogens (tertiary/aromatic N) is 4. The topological polar surface area (TPSA) is 115 Å². The zero-order chi connectivity index (χ0) is 23.3. The fourth-order valence-electron chi connectivity index (χ4n) is 2.86. The van der Waals surface area contributed by atoms with E-state index in [1.54, 1.807) is 6.92 Å². The van der Waals surface area contributed by atoms with Crippen LogP contribution in [0.2, 0.25) is 5.02 Å². The van der Waals surface area contributed by atoms with Crippen LogP contribution in [0.5, 0.6) is 0 Å². The highest BCUT2D eigenvalue weighted by Crippen LogP contribution is 2.25. The lowest BCUT2D eigenvalue weighted by molar-refractivity contribution is -0.384. The largest absolute Gasteiger partial charge is 0.378 e. The summed E-state index contributed by atoms with van der Waals surface area (Å²) in [6.07, 6.45) is 0. The van der Waals surface area contributed by atoms with Crippen LogP contribution >= 0.6 is 23.4 Å². The minimum atomic E-state index is -0.485. The maximum Gasteiger partial charge on any atom is 0.269 e. The summed E-state index contributed by atoms with van der Waals surface area (Å²) in [4.78, 5) is 22.8. The molecule has 0 saturated carbocycles. The molecule has 2 N–H and O–H groups in total. The monoisotopic (exact) mass is 474 g/mol. The molecule has 0 aliphatic heterocycles. The molecule has 0 fully saturated rings. The summed E-state index contributed by atoms with van der Waals surface area (Å²) in [6.45, 7) is 6.82. The third kappa shape index (κ3) is 5.77. The molecule has 168 valence electrons. The van der Waals surface area contributed by atoms with Crippen molar-refractivity contribution < 1.29 is 9.72 Å². The van der Waals surface area contributed by atoms with Crippen molar-refractivity contribution in [2.45, 2.75) is 44.3 Å². The molecule has 0 radical (unpaired) electrons. The summed E-state index contributed by atoms with van der Waals surface area (Å²) in [7, 11) is 0. The molecule has 0 aliphatic carbocycles. The highest BCUT2D eigenvalue weighted by molar-refractivity contribution is 8.00. The highest BCUT2D eigenvalue weighted by Gasteiger charge is 2.20. The number of aryl methyl sites for hydroxylation is 1. The summed E-state index contributed by atoms with van der Waals surface area (Å²) in [5.41, 5.74) is 2.35. The van der Waals surface area contributed by atoms with Crippen LogP contribution in [0.25, 0.3) is 0 Å². The maximum absolute atomic E-state index is 12.6. The molecule has 3 aromatic rings. The van der Waals surface area contributed by atoms with Gasteiger partial charge in [-0.3, -0.25) is 14.9 Å². The molecule has 0 saturated heterocycles. The van der Waals surface area contributed by atoms with E-state index in [2.05, 4.69) is 20.8 Å². The van der Waals surface area contributed by atoms with Gasteiger partial charge in [0.15, 0.2) is 11.0 Å². The number of carbonyl (C=O) groups is 1. The Morgan fingerprint density at radius 3 is 2.53 bits per heavy atom. The number of nitro groups is 1. The first-order valence-electron chi connectivity index (χ1n) is 9.92. The summed E-state index contributed by atoms with van der Waals surface area (Å²) < 4.78 is 1.95. The molecular weight excluding hydrogens is 452 g/mol. The standard InChI is InChI=1S/C21H23ClN6O3S/c1-4-27-19(12-23-16-6-5-13(2)18(22)11-16)25-26-21(27)32-14(3)20(29)24-15-7-9-17(10-8-15)28(30)31/h5-11,14,23H,4,12H2,1-3H3,(H,24,29)/t14-/m0/s1. The first kappa shape index (κ1) is 23.6. The van der Waals surface area contributed by atoms with Crippen molar-refractivity contribution in [1.82, 2.24) is 14.8 Å². The van der Waals surface area contributed by atoms with Crippen LogP contribution < -0.4 is 10.6 Å². The number of thioether (sulfide) groups is 1. The van der Waals surface area contributed by atoms with E-state index in [0.717, 1.165) is 17.1 Å². The predicted molar refractivity (Wildman–Crippen MR) is 126 cm³/mol. The zero-order valence-corrected chi connectivity index (χ0v) is 19.4. The molecule has 9 nitrogen and oxygen atoms in total. The number of halogens is 1. The van der Waals surface area contributed by atoms with Crippen molar-refractivity contribution in [3.05, 3.63) is 69.0 Å². The van der Waals surface area contributed by atoms with Gasteiger partial charge >= 0.3 is 0 Å². The van der Waals surface area contributed by atoms with Gasteiger partial charge in [-0.2, -0.15) is 0 Å². The van der Waals surface area contributed by atoms with E-state index < -0.39 is 10.2 Å². The van der Waals surface area contributed by atoms with Gasteiger partial charge in [-0.25, -0.2) is 0 Å². The fraction of sp³-hybridized carbons (Fsp3) is 0.286. The normalized spacial score (nSPS) is 11.8. The second kappa shape index (κ2) is 10.5. The molecule has 2 aromatic carbocycles. The Bertz CT molecular complexity index is 1120. The Labute approximate surface area is 194 Å². The van der Waals surface area contributed by atoms with Crippen LogP contribution in [-0.4, -0.2) is 30.8 Å². The van der Waals surface area contributed by atoms with E-state index in [1.807, 2.05) is 36.6 Å². The minimum absolute atomic E-state index is 0.0319. The van der Waals surface area contributed by atoms with Crippen molar-refractivity contribution in [1.29, 1.82) is 0 Å². The average molecular weight is 475 g/mol. The smallest absolute Gasteiger partial charge is 0.269 e. The van der Waals surface area contributed by atoms with Crippen molar-refractivity contribution in [3.63, 3.8) is 0 Å². The van der Waals surface area contributed by atoms with Gasteiger partial charge in [-0.05, 0) is 50.6 Å². The number of rotatable bonds is 9. The first-order chi connectivity index (χ1) is 15.3. The van der Waals surface area contributed by atoms with Gasteiger partial charge in [0.1, 0.15) is 0 Å². The van der Waals surface area contributed by atoms with Crippen LogP contribution in [0.3, 0.4) is 0 Å². The lowest BCUT2D eigenvalue weighted by atomic mass is 10.2. The zero-order valence-electron chi connectivity index (χ0n) is 17.8. The number of hydrogen-bond donors (Lipinski definition) is 2. The van der Waals surface area contributed by atoms with Gasteiger partial charge in [0.05, 0.1) is 16.7 Å². The van der Waals surface area contributed by atoms with E-state index >= 15 is 0 Å². The molecule has 11 heteroatoms.